The zero-order valence-electron chi connectivity index (χ0n) is 3.91. The van der Waals surface area contributed by atoms with Crippen molar-refractivity contribution in [2.45, 2.75) is 6.42 Å². The predicted molar refractivity (Wildman–Crippen MR) is 15.5 cm³/mol. The minimum Gasteiger partial charge on any atom is -0.854 e. The molecule has 0 amide bonds. The smallest absolute Gasteiger partial charge is 0.854 e. The van der Waals surface area contributed by atoms with Crippen molar-refractivity contribution in [1.29, 1.82) is 0 Å². The second-order valence-corrected chi connectivity index (χ2v) is 0.747. The Labute approximate surface area is 58.8 Å². The van der Waals surface area contributed by atoms with E-state index in [1.807, 2.05) is 0 Å². The molecule has 0 bridgehead atoms. The van der Waals surface area contributed by atoms with E-state index in [9.17, 15) is 9.50 Å². The van der Waals surface area contributed by atoms with Crippen molar-refractivity contribution < 1.29 is 39.1 Å². The van der Waals surface area contributed by atoms with Gasteiger partial charge in [0.2, 0.25) is 0 Å². The summed E-state index contributed by atoms with van der Waals surface area (Å²) in [7, 11) is 0. The van der Waals surface area contributed by atoms with Crippen molar-refractivity contribution in [3.8, 4) is 0 Å². The van der Waals surface area contributed by atoms with E-state index < -0.39 is 6.67 Å². The number of alkyl halides is 1. The molecule has 0 N–H and O–H groups in total. The molecule has 0 atom stereocenters. The topological polar surface area (TPSA) is 23.1 Å². The summed E-state index contributed by atoms with van der Waals surface area (Å²) in [6.45, 7) is -0.750. The van der Waals surface area contributed by atoms with E-state index in [2.05, 4.69) is 0 Å². The molecule has 0 saturated heterocycles. The average molecular weight is 100 g/mol. The van der Waals surface area contributed by atoms with Gasteiger partial charge in [0.1, 0.15) is 0 Å². The monoisotopic (exact) mass is 100 g/mol. The third-order valence-corrected chi connectivity index (χ3v) is 0.278. The molecule has 0 spiro atoms. The number of hydrogen-bond donors (Lipinski definition) is 0. The normalized spacial score (nSPS) is 7.00. The minimum atomic E-state index is -0.469. The molecule has 0 aromatic rings. The summed E-state index contributed by atoms with van der Waals surface area (Å²) >= 11 is 0. The number of rotatable bonds is 2. The molecule has 1 nitrogen and oxygen atoms in total. The minimum absolute atomic E-state index is 0. The van der Waals surface area contributed by atoms with Crippen LogP contribution in [0.25, 0.3) is 0 Å². The summed E-state index contributed by atoms with van der Waals surface area (Å²) < 4.78 is 10.8. The molecule has 0 saturated carbocycles. The second-order valence-electron chi connectivity index (χ2n) is 0.747. The van der Waals surface area contributed by atoms with Crippen LogP contribution in [0.2, 0.25) is 0 Å². The summed E-state index contributed by atoms with van der Waals surface area (Å²) in [5.41, 5.74) is 0. The molecule has 0 aromatic heterocycles. The Balaban J connectivity index is 0. The van der Waals surface area contributed by atoms with Gasteiger partial charge >= 0.3 is 29.6 Å². The molecule has 0 aliphatic heterocycles. The first-order valence-corrected chi connectivity index (χ1v) is 1.56. The third-order valence-electron chi connectivity index (χ3n) is 0.278. The van der Waals surface area contributed by atoms with Crippen molar-refractivity contribution in [3.63, 3.8) is 0 Å². The van der Waals surface area contributed by atoms with Gasteiger partial charge < -0.3 is 5.11 Å². The molecular formula is C3H6FNaO. The fourth-order valence-electron chi connectivity index (χ4n) is 0.0546. The van der Waals surface area contributed by atoms with Crippen LogP contribution in [-0.2, 0) is 0 Å². The fourth-order valence-corrected chi connectivity index (χ4v) is 0.0546. The van der Waals surface area contributed by atoms with Gasteiger partial charge in [-0.05, 0) is 6.42 Å². The quantitative estimate of drug-likeness (QED) is 0.333. The van der Waals surface area contributed by atoms with Crippen LogP contribution in [0, 0.1) is 0 Å². The maximum absolute atomic E-state index is 10.8. The standard InChI is InChI=1S/C3H6FO.Na/c4-2-1-3-5;/h1-3H2;/q-1;+1. The van der Waals surface area contributed by atoms with Crippen LogP contribution in [0.1, 0.15) is 6.42 Å². The SMILES string of the molecule is [Na+].[O-]CCCF. The third kappa shape index (κ3) is 8.86. The van der Waals surface area contributed by atoms with E-state index in [-0.39, 0.29) is 42.6 Å². The van der Waals surface area contributed by atoms with Gasteiger partial charge in [-0.3, -0.25) is 4.39 Å². The number of halogens is 1. The molecule has 0 rings (SSSR count). The van der Waals surface area contributed by atoms with Crippen LogP contribution >= 0.6 is 0 Å². The van der Waals surface area contributed by atoms with Gasteiger partial charge in [0, 0.05) is 0 Å². The maximum atomic E-state index is 10.8. The van der Waals surface area contributed by atoms with Gasteiger partial charge in [0.25, 0.3) is 0 Å². The van der Waals surface area contributed by atoms with E-state index in [4.69, 9.17) is 0 Å². The van der Waals surface area contributed by atoms with Crippen molar-refractivity contribution in [2.75, 3.05) is 13.3 Å². The van der Waals surface area contributed by atoms with Gasteiger partial charge in [0.15, 0.2) is 0 Å². The number of hydrogen-bond acceptors (Lipinski definition) is 1. The van der Waals surface area contributed by atoms with Crippen molar-refractivity contribution >= 4 is 0 Å². The molecule has 0 heterocycles. The molecule has 0 aromatic carbocycles. The van der Waals surface area contributed by atoms with E-state index in [1.165, 1.54) is 0 Å². The maximum Gasteiger partial charge on any atom is 1.00 e. The first kappa shape index (κ1) is 10.00. The fraction of sp³-hybridized carbons (Fsp3) is 1.00. The summed E-state index contributed by atoms with van der Waals surface area (Å²) in [4.78, 5) is 0. The van der Waals surface area contributed by atoms with Gasteiger partial charge in [-0.1, -0.05) is 0 Å². The molecule has 6 heavy (non-hydrogen) atoms. The molecule has 32 valence electrons. The molecule has 0 aliphatic rings. The summed E-state index contributed by atoms with van der Waals surface area (Å²) in [6, 6.07) is 0. The van der Waals surface area contributed by atoms with E-state index in [0.717, 1.165) is 0 Å². The molecule has 0 unspecified atom stereocenters. The Kier molecular flexibility index (Phi) is 15.5. The van der Waals surface area contributed by atoms with Crippen LogP contribution in [0.3, 0.4) is 0 Å². The zero-order chi connectivity index (χ0) is 4.12. The average Bonchev–Trinajstić information content (AvgIpc) is 1.41. The van der Waals surface area contributed by atoms with Crippen molar-refractivity contribution in [3.05, 3.63) is 0 Å². The van der Waals surface area contributed by atoms with Gasteiger partial charge in [0.05, 0.1) is 6.67 Å². The Bertz CT molecular complexity index is 18.3. The first-order valence-electron chi connectivity index (χ1n) is 1.56. The zero-order valence-corrected chi connectivity index (χ0v) is 5.91. The van der Waals surface area contributed by atoms with E-state index in [1.54, 1.807) is 0 Å². The second kappa shape index (κ2) is 9.31. The van der Waals surface area contributed by atoms with Crippen LogP contribution in [-0.4, -0.2) is 13.3 Å². The molecule has 3 heteroatoms. The van der Waals surface area contributed by atoms with Crippen LogP contribution in [0.5, 0.6) is 0 Å². The van der Waals surface area contributed by atoms with Crippen molar-refractivity contribution in [2.24, 2.45) is 0 Å². The first-order chi connectivity index (χ1) is 2.41. The van der Waals surface area contributed by atoms with E-state index in [0.29, 0.717) is 0 Å². The Morgan fingerprint density at radius 2 is 2.00 bits per heavy atom. The molecule has 0 fully saturated rings. The van der Waals surface area contributed by atoms with Crippen LogP contribution in [0.4, 0.5) is 4.39 Å². The largest absolute Gasteiger partial charge is 1.00 e. The summed E-state index contributed by atoms with van der Waals surface area (Å²) in [5.74, 6) is 0. The summed E-state index contributed by atoms with van der Waals surface area (Å²) in [6.07, 6.45) is 0.167. The molecule has 0 radical (unpaired) electrons. The van der Waals surface area contributed by atoms with Gasteiger partial charge in [-0.2, -0.15) is 0 Å². The summed E-state index contributed by atoms with van der Waals surface area (Å²) in [5, 5.41) is 9.29. The Morgan fingerprint density at radius 1 is 1.50 bits per heavy atom. The molecule has 0 aliphatic carbocycles. The molecular weight excluding hydrogens is 94.0 g/mol. The Morgan fingerprint density at radius 3 is 2.00 bits per heavy atom. The van der Waals surface area contributed by atoms with Crippen LogP contribution < -0.4 is 34.7 Å². The van der Waals surface area contributed by atoms with Crippen LogP contribution in [0.15, 0.2) is 0 Å². The van der Waals surface area contributed by atoms with Gasteiger partial charge in [-0.25, -0.2) is 0 Å². The predicted octanol–water partition coefficient (Wildman–Crippen LogP) is -3.29. The Hall–Kier alpha value is 0.890. The van der Waals surface area contributed by atoms with Gasteiger partial charge in [-0.15, -0.1) is 6.61 Å². The van der Waals surface area contributed by atoms with Crippen molar-refractivity contribution in [1.82, 2.24) is 0 Å². The van der Waals surface area contributed by atoms with E-state index >= 15 is 0 Å².